The van der Waals surface area contributed by atoms with Crippen molar-refractivity contribution in [2.75, 3.05) is 6.61 Å². The zero-order chi connectivity index (χ0) is 31.7. The highest BCUT2D eigenvalue weighted by molar-refractivity contribution is 5.96. The monoisotopic (exact) mass is 598 g/mol. The van der Waals surface area contributed by atoms with Crippen LogP contribution in [-0.2, 0) is 24.0 Å². The molecule has 0 aromatic rings. The number of carbonyl (C=O) groups excluding carboxylic acids is 3. The molecule has 0 aliphatic heterocycles. The van der Waals surface area contributed by atoms with Crippen LogP contribution in [-0.4, -0.2) is 63.9 Å². The van der Waals surface area contributed by atoms with Gasteiger partial charge in [0.25, 0.3) is 5.91 Å². The van der Waals surface area contributed by atoms with Gasteiger partial charge in [-0.2, -0.15) is 0 Å². The van der Waals surface area contributed by atoms with E-state index in [9.17, 15) is 29.4 Å². The number of nitrogens with two attached hydrogens (primary N) is 1. The van der Waals surface area contributed by atoms with Crippen molar-refractivity contribution in [3.63, 3.8) is 0 Å². The summed E-state index contributed by atoms with van der Waals surface area (Å²) in [5, 5.41) is 29.6. The summed E-state index contributed by atoms with van der Waals surface area (Å²) < 4.78 is 0. The van der Waals surface area contributed by atoms with Gasteiger partial charge in [0, 0.05) is 5.41 Å². The number of carbonyl (C=O) groups is 4. The Morgan fingerprint density at radius 1 is 1.12 bits per heavy atom. The van der Waals surface area contributed by atoms with E-state index < -0.39 is 54.4 Å². The number of nitrogens with one attached hydrogen (secondary N) is 2. The lowest BCUT2D eigenvalue weighted by molar-refractivity contribution is -0.144. The van der Waals surface area contributed by atoms with E-state index in [4.69, 9.17) is 17.0 Å². The fraction of sp³-hybridized carbons (Fsp3) is 0.719. The van der Waals surface area contributed by atoms with Crippen LogP contribution in [0.25, 0.3) is 0 Å². The third-order valence-corrected chi connectivity index (χ3v) is 11.0. The number of amides is 3. The molecule has 11 nitrogen and oxygen atoms in total. The minimum absolute atomic E-state index is 0.0532. The molecule has 43 heavy (non-hydrogen) atoms. The number of primary amides is 1. The number of aliphatic carboxylic acids is 1. The van der Waals surface area contributed by atoms with Gasteiger partial charge in [0.05, 0.1) is 12.1 Å². The summed E-state index contributed by atoms with van der Waals surface area (Å²) in [6, 6.07) is -2.53. The molecular formula is C32H46N4O7. The number of fused-ring (bicyclic) bond motifs is 5. The van der Waals surface area contributed by atoms with E-state index in [1.54, 1.807) is 13.8 Å². The van der Waals surface area contributed by atoms with Crippen LogP contribution in [0.15, 0.2) is 16.8 Å². The Morgan fingerprint density at radius 2 is 1.81 bits per heavy atom. The number of hydrogen-bond donors (Lipinski definition) is 5. The topological polar surface area (TPSA) is 180 Å². The highest BCUT2D eigenvalue weighted by Gasteiger charge is 2.63. The second kappa shape index (κ2) is 12.3. The van der Waals surface area contributed by atoms with Gasteiger partial charge >= 0.3 is 5.97 Å². The fourth-order valence-electron chi connectivity index (χ4n) is 8.48. The molecule has 4 rings (SSSR count). The van der Waals surface area contributed by atoms with Crippen LogP contribution in [0.2, 0.25) is 0 Å². The summed E-state index contributed by atoms with van der Waals surface area (Å²) in [5.74, 6) is 0.285. The highest BCUT2D eigenvalue weighted by atomic mass is 16.6. The predicted molar refractivity (Wildman–Crippen MR) is 159 cm³/mol. The van der Waals surface area contributed by atoms with E-state index in [1.165, 1.54) is 5.57 Å². The summed E-state index contributed by atoms with van der Waals surface area (Å²) >= 11 is 0. The molecule has 0 heterocycles. The summed E-state index contributed by atoms with van der Waals surface area (Å²) in [5.41, 5.74) is 6.03. The number of terminal acetylenes is 1. The predicted octanol–water partition coefficient (Wildman–Crippen LogP) is 2.27. The summed E-state index contributed by atoms with van der Waals surface area (Å²) in [4.78, 5) is 53.2. The normalized spacial score (nSPS) is 35.3. The molecule has 0 aromatic heterocycles. The van der Waals surface area contributed by atoms with E-state index in [2.05, 4.69) is 41.6 Å². The second-order valence-electron chi connectivity index (χ2n) is 13.7. The molecule has 3 amide bonds. The molecule has 8 unspecified atom stereocenters. The van der Waals surface area contributed by atoms with E-state index in [0.717, 1.165) is 44.2 Å². The van der Waals surface area contributed by atoms with Gasteiger partial charge < -0.3 is 31.4 Å². The molecule has 11 heteroatoms. The number of nitrogens with zero attached hydrogens (tertiary/aromatic N) is 1. The lowest BCUT2D eigenvalue weighted by Gasteiger charge is -2.58. The first-order valence-electron chi connectivity index (χ1n) is 15.4. The SMILES string of the molecule is C#CC1(O)CCC2C3CCC4=CC(=NOCC(=O)NC(C(=O)NC(CC(N)=O)C(=O)O)C(C)C)CCC4(C)C3CCC21C. The first-order valence-corrected chi connectivity index (χ1v) is 15.4. The Kier molecular flexibility index (Phi) is 9.31. The molecule has 0 spiro atoms. The third kappa shape index (κ3) is 6.17. The first-order chi connectivity index (χ1) is 20.1. The van der Waals surface area contributed by atoms with E-state index in [0.29, 0.717) is 30.6 Å². The van der Waals surface area contributed by atoms with Crippen molar-refractivity contribution >= 4 is 29.4 Å². The van der Waals surface area contributed by atoms with E-state index >= 15 is 0 Å². The van der Waals surface area contributed by atoms with Crippen molar-refractivity contribution in [2.45, 2.75) is 103 Å². The summed E-state index contributed by atoms with van der Waals surface area (Å²) in [6.45, 7) is 7.54. The van der Waals surface area contributed by atoms with Crippen LogP contribution in [0, 0.1) is 46.8 Å². The minimum atomic E-state index is -1.49. The zero-order valence-corrected chi connectivity index (χ0v) is 25.7. The lowest BCUT2D eigenvalue weighted by atomic mass is 9.46. The maximum atomic E-state index is 12.7. The molecular weight excluding hydrogens is 552 g/mol. The van der Waals surface area contributed by atoms with E-state index in [1.807, 2.05) is 0 Å². The smallest absolute Gasteiger partial charge is 0.326 e. The average Bonchev–Trinajstić information content (AvgIpc) is 3.21. The summed E-state index contributed by atoms with van der Waals surface area (Å²) in [7, 11) is 0. The largest absolute Gasteiger partial charge is 0.480 e. The Bertz CT molecular complexity index is 1250. The Morgan fingerprint density at radius 3 is 2.44 bits per heavy atom. The standard InChI is InChI=1S/C32H46N4O7/c1-6-32(42)14-11-23-21-8-7-19-15-20(9-12-30(19,4)22(21)10-13-31(23,32)5)36-43-17-26(38)35-27(18(2)3)28(39)34-24(29(40)41)16-25(33)37/h1,15,18,21-24,27,42H,7-14,16-17H2,2-5H3,(H2,33,37)(H,34,39)(H,35,38)(H,40,41). The van der Waals surface area contributed by atoms with Crippen molar-refractivity contribution < 1.29 is 34.2 Å². The average molecular weight is 599 g/mol. The maximum Gasteiger partial charge on any atom is 0.326 e. The number of aliphatic hydroxyl groups is 1. The Labute approximate surface area is 253 Å². The van der Waals surface area contributed by atoms with Crippen LogP contribution in [0.3, 0.4) is 0 Å². The van der Waals surface area contributed by atoms with Gasteiger partial charge in [-0.3, -0.25) is 14.4 Å². The number of hydrogen-bond acceptors (Lipinski definition) is 7. The zero-order valence-electron chi connectivity index (χ0n) is 25.7. The third-order valence-electron chi connectivity index (χ3n) is 11.0. The Balaban J connectivity index is 1.35. The van der Waals surface area contributed by atoms with Crippen molar-refractivity contribution in [2.24, 2.45) is 45.4 Å². The molecule has 8 atom stereocenters. The number of carboxylic acid groups (broad SMARTS) is 1. The molecule has 0 saturated heterocycles. The lowest BCUT2D eigenvalue weighted by Crippen LogP contribution is -2.54. The van der Waals surface area contributed by atoms with Crippen molar-refractivity contribution in [3.05, 3.63) is 11.6 Å². The fourth-order valence-corrected chi connectivity index (χ4v) is 8.48. The van der Waals surface area contributed by atoms with Gasteiger partial charge in [0.1, 0.15) is 17.7 Å². The molecule has 3 fully saturated rings. The second-order valence-corrected chi connectivity index (χ2v) is 13.7. The van der Waals surface area contributed by atoms with Gasteiger partial charge in [-0.25, -0.2) is 4.79 Å². The number of oxime groups is 1. The van der Waals surface area contributed by atoms with Gasteiger partial charge in [0.2, 0.25) is 11.8 Å². The van der Waals surface area contributed by atoms with Gasteiger partial charge in [-0.15, -0.1) is 6.42 Å². The van der Waals surface area contributed by atoms with E-state index in [-0.39, 0.29) is 16.7 Å². The number of rotatable bonds is 10. The van der Waals surface area contributed by atoms with Crippen LogP contribution in [0.4, 0.5) is 0 Å². The molecule has 236 valence electrons. The van der Waals surface area contributed by atoms with Crippen LogP contribution in [0.1, 0.15) is 85.5 Å². The van der Waals surface area contributed by atoms with Crippen molar-refractivity contribution in [1.82, 2.24) is 10.6 Å². The molecule has 0 aromatic carbocycles. The van der Waals surface area contributed by atoms with Crippen molar-refractivity contribution in [3.8, 4) is 12.3 Å². The molecule has 6 N–H and O–H groups in total. The van der Waals surface area contributed by atoms with Gasteiger partial charge in [-0.1, -0.05) is 44.3 Å². The molecule has 0 bridgehead atoms. The van der Waals surface area contributed by atoms with Gasteiger partial charge in [0.15, 0.2) is 6.61 Å². The number of allylic oxidation sites excluding steroid dienone is 2. The quantitative estimate of drug-likeness (QED) is 0.189. The molecule has 4 aliphatic carbocycles. The van der Waals surface area contributed by atoms with Gasteiger partial charge in [-0.05, 0) is 86.5 Å². The molecule has 4 aliphatic rings. The van der Waals surface area contributed by atoms with Crippen LogP contribution in [0.5, 0.6) is 0 Å². The van der Waals surface area contributed by atoms with Crippen LogP contribution < -0.4 is 16.4 Å². The maximum absolute atomic E-state index is 12.7. The Hall–Kier alpha value is -3.39. The number of carboxylic acids is 1. The van der Waals surface area contributed by atoms with Crippen LogP contribution >= 0.6 is 0 Å². The molecule has 3 saturated carbocycles. The van der Waals surface area contributed by atoms with Crippen molar-refractivity contribution in [1.29, 1.82) is 0 Å². The minimum Gasteiger partial charge on any atom is -0.480 e. The summed E-state index contributed by atoms with van der Waals surface area (Å²) in [6.07, 6.45) is 14.7. The highest BCUT2D eigenvalue weighted by Crippen LogP contribution is 2.67. The molecule has 0 radical (unpaired) electrons. The first kappa shape index (κ1) is 32.5.